The number of hydrogen-bond acceptors (Lipinski definition) is 4. The summed E-state index contributed by atoms with van der Waals surface area (Å²) in [6.45, 7) is 3.96. The van der Waals surface area contributed by atoms with Gasteiger partial charge in [-0.05, 0) is 25.5 Å². The molecule has 1 aromatic rings. The maximum absolute atomic E-state index is 11.8. The maximum atomic E-state index is 11.8. The van der Waals surface area contributed by atoms with Gasteiger partial charge in [-0.3, -0.25) is 4.79 Å². The van der Waals surface area contributed by atoms with Crippen LogP contribution in [0.3, 0.4) is 0 Å². The van der Waals surface area contributed by atoms with Gasteiger partial charge in [0.1, 0.15) is 17.4 Å². The van der Waals surface area contributed by atoms with Crippen molar-refractivity contribution in [3.8, 4) is 11.8 Å². The van der Waals surface area contributed by atoms with E-state index in [0.717, 1.165) is 6.42 Å². The van der Waals surface area contributed by atoms with Crippen LogP contribution in [0.4, 0.5) is 5.69 Å². The Kier molecular flexibility index (Phi) is 5.42. The third-order valence-corrected chi connectivity index (χ3v) is 2.59. The largest absolute Gasteiger partial charge is 0.508 e. The normalized spacial score (nSPS) is 12.4. The molecule has 5 heteroatoms. The van der Waals surface area contributed by atoms with E-state index in [1.165, 1.54) is 18.3 Å². The number of amides is 1. The molecule has 0 spiro atoms. The molecular formula is C14H17N3O2. The van der Waals surface area contributed by atoms with Crippen LogP contribution < -0.4 is 10.6 Å². The Morgan fingerprint density at radius 1 is 1.58 bits per heavy atom. The highest BCUT2D eigenvalue weighted by atomic mass is 16.3. The average Bonchev–Trinajstić information content (AvgIpc) is 2.39. The minimum Gasteiger partial charge on any atom is -0.508 e. The van der Waals surface area contributed by atoms with Crippen molar-refractivity contribution in [1.82, 2.24) is 5.32 Å². The molecule has 19 heavy (non-hydrogen) atoms. The van der Waals surface area contributed by atoms with Crippen LogP contribution in [0.25, 0.3) is 0 Å². The molecule has 100 valence electrons. The molecule has 1 rings (SSSR count). The first-order chi connectivity index (χ1) is 9.06. The van der Waals surface area contributed by atoms with Crippen LogP contribution in [0.15, 0.2) is 36.0 Å². The summed E-state index contributed by atoms with van der Waals surface area (Å²) in [6.07, 6.45) is 2.30. The molecule has 0 aliphatic heterocycles. The van der Waals surface area contributed by atoms with E-state index in [2.05, 4.69) is 10.6 Å². The molecule has 1 aromatic carbocycles. The summed E-state index contributed by atoms with van der Waals surface area (Å²) in [5.74, 6) is -0.457. The molecular weight excluding hydrogens is 242 g/mol. The van der Waals surface area contributed by atoms with Crippen LogP contribution >= 0.6 is 0 Å². The first kappa shape index (κ1) is 14.6. The second kappa shape index (κ2) is 7.07. The molecule has 0 aliphatic rings. The van der Waals surface area contributed by atoms with Gasteiger partial charge in [0, 0.05) is 24.0 Å². The number of benzene rings is 1. The summed E-state index contributed by atoms with van der Waals surface area (Å²) in [4.78, 5) is 11.8. The zero-order valence-electron chi connectivity index (χ0n) is 11.0. The van der Waals surface area contributed by atoms with Crippen molar-refractivity contribution < 1.29 is 9.90 Å². The molecule has 0 aromatic heterocycles. The summed E-state index contributed by atoms with van der Waals surface area (Å²) in [7, 11) is 0. The van der Waals surface area contributed by atoms with Gasteiger partial charge in [0.2, 0.25) is 0 Å². The Hall–Kier alpha value is -2.48. The van der Waals surface area contributed by atoms with Crippen LogP contribution in [-0.2, 0) is 4.79 Å². The lowest BCUT2D eigenvalue weighted by Gasteiger charge is -2.09. The predicted molar refractivity (Wildman–Crippen MR) is 73.3 cm³/mol. The number of carbonyl (C=O) groups excluding carboxylic acids is 1. The second-order valence-electron chi connectivity index (χ2n) is 4.15. The lowest BCUT2D eigenvalue weighted by atomic mass is 10.2. The monoisotopic (exact) mass is 259 g/mol. The summed E-state index contributed by atoms with van der Waals surface area (Å²) in [6, 6.07) is 8.19. The van der Waals surface area contributed by atoms with Crippen LogP contribution in [0.2, 0.25) is 0 Å². The minimum atomic E-state index is -0.510. The van der Waals surface area contributed by atoms with E-state index in [1.54, 1.807) is 12.1 Å². The van der Waals surface area contributed by atoms with E-state index < -0.39 is 5.91 Å². The highest BCUT2D eigenvalue weighted by molar-refractivity contribution is 6.06. The van der Waals surface area contributed by atoms with Crippen LogP contribution in [0, 0.1) is 11.3 Å². The van der Waals surface area contributed by atoms with Crippen molar-refractivity contribution >= 4 is 11.6 Å². The molecule has 0 radical (unpaired) electrons. The summed E-state index contributed by atoms with van der Waals surface area (Å²) in [5.41, 5.74) is 0.429. The van der Waals surface area contributed by atoms with E-state index in [4.69, 9.17) is 5.26 Å². The second-order valence-corrected chi connectivity index (χ2v) is 4.15. The number of nitriles is 1. The van der Waals surface area contributed by atoms with Crippen molar-refractivity contribution in [2.75, 3.05) is 5.32 Å². The first-order valence-corrected chi connectivity index (χ1v) is 6.03. The summed E-state index contributed by atoms with van der Waals surface area (Å²) >= 11 is 0. The van der Waals surface area contributed by atoms with Crippen molar-refractivity contribution in [2.24, 2.45) is 0 Å². The maximum Gasteiger partial charge on any atom is 0.267 e. The third-order valence-electron chi connectivity index (χ3n) is 2.59. The topological polar surface area (TPSA) is 85.2 Å². The minimum absolute atomic E-state index is 0.0105. The van der Waals surface area contributed by atoms with Gasteiger partial charge in [0.25, 0.3) is 5.91 Å². The fraction of sp³-hybridized carbons (Fsp3) is 0.286. The van der Waals surface area contributed by atoms with Gasteiger partial charge < -0.3 is 15.7 Å². The zero-order chi connectivity index (χ0) is 14.3. The standard InChI is InChI=1S/C14H17N3O2/c1-3-10(2)16-9-11(8-15)14(19)17-12-5-4-6-13(18)7-12/h4-7,9-10,16,18H,3H2,1-2H3,(H,17,19)/b11-9-. The number of nitrogens with one attached hydrogen (secondary N) is 2. The Morgan fingerprint density at radius 3 is 2.89 bits per heavy atom. The van der Waals surface area contributed by atoms with E-state index in [9.17, 15) is 9.90 Å². The molecule has 3 N–H and O–H groups in total. The molecule has 0 fully saturated rings. The molecule has 1 amide bonds. The van der Waals surface area contributed by atoms with E-state index in [0.29, 0.717) is 5.69 Å². The van der Waals surface area contributed by atoms with Crippen molar-refractivity contribution in [1.29, 1.82) is 5.26 Å². The van der Waals surface area contributed by atoms with Gasteiger partial charge in [-0.25, -0.2) is 0 Å². The lowest BCUT2D eigenvalue weighted by molar-refractivity contribution is -0.112. The summed E-state index contributed by atoms with van der Waals surface area (Å²) < 4.78 is 0. The van der Waals surface area contributed by atoms with Gasteiger partial charge in [-0.2, -0.15) is 5.26 Å². The van der Waals surface area contributed by atoms with Gasteiger partial charge in [-0.15, -0.1) is 0 Å². The van der Waals surface area contributed by atoms with E-state index in [-0.39, 0.29) is 17.4 Å². The number of phenols is 1. The van der Waals surface area contributed by atoms with Gasteiger partial charge in [-0.1, -0.05) is 13.0 Å². The lowest BCUT2D eigenvalue weighted by Crippen LogP contribution is -2.22. The molecule has 1 atom stereocenters. The molecule has 0 saturated carbocycles. The molecule has 0 saturated heterocycles. The van der Waals surface area contributed by atoms with E-state index >= 15 is 0 Å². The van der Waals surface area contributed by atoms with E-state index in [1.807, 2.05) is 19.9 Å². The predicted octanol–water partition coefficient (Wildman–Crippen LogP) is 2.13. The van der Waals surface area contributed by atoms with Crippen LogP contribution in [-0.4, -0.2) is 17.1 Å². The van der Waals surface area contributed by atoms with Crippen LogP contribution in [0.1, 0.15) is 20.3 Å². The Morgan fingerprint density at radius 2 is 2.32 bits per heavy atom. The Labute approximate surface area is 112 Å². The Bertz CT molecular complexity index is 518. The third kappa shape index (κ3) is 4.72. The average molecular weight is 259 g/mol. The van der Waals surface area contributed by atoms with Crippen molar-refractivity contribution in [3.05, 3.63) is 36.0 Å². The molecule has 1 unspecified atom stereocenters. The number of phenolic OH excluding ortho intramolecular Hbond substituents is 1. The summed E-state index contributed by atoms with van der Waals surface area (Å²) in [5, 5.41) is 23.7. The zero-order valence-corrected chi connectivity index (χ0v) is 11.0. The fourth-order valence-electron chi connectivity index (χ4n) is 1.27. The highest BCUT2D eigenvalue weighted by Gasteiger charge is 2.09. The number of aromatic hydroxyl groups is 1. The fourth-order valence-corrected chi connectivity index (χ4v) is 1.27. The molecule has 0 aliphatic carbocycles. The Balaban J connectivity index is 2.72. The first-order valence-electron chi connectivity index (χ1n) is 6.03. The molecule has 0 bridgehead atoms. The quantitative estimate of drug-likeness (QED) is 0.558. The number of carbonyl (C=O) groups is 1. The van der Waals surface area contributed by atoms with Crippen molar-refractivity contribution in [3.63, 3.8) is 0 Å². The highest BCUT2D eigenvalue weighted by Crippen LogP contribution is 2.15. The molecule has 0 heterocycles. The number of rotatable bonds is 5. The molecule has 5 nitrogen and oxygen atoms in total. The van der Waals surface area contributed by atoms with Crippen LogP contribution in [0.5, 0.6) is 5.75 Å². The van der Waals surface area contributed by atoms with Gasteiger partial charge >= 0.3 is 0 Å². The van der Waals surface area contributed by atoms with Gasteiger partial charge in [0.05, 0.1) is 0 Å². The van der Waals surface area contributed by atoms with Crippen molar-refractivity contribution in [2.45, 2.75) is 26.3 Å². The SMILES string of the molecule is CCC(C)N/C=C(/C#N)C(=O)Nc1cccc(O)c1. The van der Waals surface area contributed by atoms with Gasteiger partial charge in [0.15, 0.2) is 0 Å². The smallest absolute Gasteiger partial charge is 0.267 e. The number of nitrogens with zero attached hydrogens (tertiary/aromatic N) is 1. The number of anilines is 1. The number of hydrogen-bond donors (Lipinski definition) is 3.